The Morgan fingerprint density at radius 1 is 1.16 bits per heavy atom. The summed E-state index contributed by atoms with van der Waals surface area (Å²) in [7, 11) is 2.21. The van der Waals surface area contributed by atoms with Crippen molar-refractivity contribution in [3.05, 3.63) is 35.9 Å². The molecule has 3 atom stereocenters. The smallest absolute Gasteiger partial charge is 0.0221 e. The molecule has 2 N–H and O–H groups in total. The van der Waals surface area contributed by atoms with Crippen LogP contribution < -0.4 is 5.73 Å². The van der Waals surface area contributed by atoms with Gasteiger partial charge in [-0.2, -0.15) is 0 Å². The molecule has 0 fully saturated rings. The summed E-state index contributed by atoms with van der Waals surface area (Å²) in [4.78, 5) is 2.44. The average Bonchev–Trinajstić information content (AvgIpc) is 2.44. The minimum absolute atomic E-state index is 0.476. The quantitative estimate of drug-likeness (QED) is 0.777. The summed E-state index contributed by atoms with van der Waals surface area (Å²) >= 11 is 0. The van der Waals surface area contributed by atoms with Crippen LogP contribution in [0.2, 0.25) is 0 Å². The van der Waals surface area contributed by atoms with Crippen LogP contribution in [0, 0.1) is 5.92 Å². The van der Waals surface area contributed by atoms with Crippen LogP contribution in [0.4, 0.5) is 0 Å². The molecule has 0 saturated heterocycles. The summed E-state index contributed by atoms with van der Waals surface area (Å²) in [5.41, 5.74) is 7.39. The summed E-state index contributed by atoms with van der Waals surface area (Å²) in [5.74, 6) is 1.31. The molecule has 1 aromatic rings. The molecule has 1 rings (SSSR count). The maximum atomic E-state index is 5.98. The van der Waals surface area contributed by atoms with Crippen LogP contribution in [-0.4, -0.2) is 31.1 Å². The van der Waals surface area contributed by atoms with Gasteiger partial charge in [-0.1, -0.05) is 57.5 Å². The zero-order valence-electron chi connectivity index (χ0n) is 13.0. The van der Waals surface area contributed by atoms with E-state index >= 15 is 0 Å². The zero-order chi connectivity index (χ0) is 14.3. The number of rotatable bonds is 8. The van der Waals surface area contributed by atoms with Gasteiger partial charge in [0.1, 0.15) is 0 Å². The first kappa shape index (κ1) is 16.2. The standard InChI is InChI=1S/C17H30N2/c1-5-14(2)13-19(4)17(12-18)11-15(3)16-9-7-6-8-10-16/h6-10,14-15,17H,5,11-13,18H2,1-4H3. The first-order valence-corrected chi connectivity index (χ1v) is 7.53. The number of likely N-dealkylation sites (N-methyl/N-ethyl adjacent to an activating group) is 1. The van der Waals surface area contributed by atoms with Crippen molar-refractivity contribution >= 4 is 0 Å². The fraction of sp³-hybridized carbons (Fsp3) is 0.647. The van der Waals surface area contributed by atoms with E-state index in [0.717, 1.165) is 25.4 Å². The number of benzene rings is 1. The lowest BCUT2D eigenvalue weighted by Gasteiger charge is -2.31. The van der Waals surface area contributed by atoms with Crippen LogP contribution >= 0.6 is 0 Å². The number of hydrogen-bond donors (Lipinski definition) is 1. The van der Waals surface area contributed by atoms with Gasteiger partial charge >= 0.3 is 0 Å². The Morgan fingerprint density at radius 3 is 2.32 bits per heavy atom. The SMILES string of the molecule is CCC(C)CN(C)C(CN)CC(C)c1ccccc1. The lowest BCUT2D eigenvalue weighted by molar-refractivity contribution is 0.198. The van der Waals surface area contributed by atoms with Crippen molar-refractivity contribution in [2.45, 2.75) is 45.6 Å². The van der Waals surface area contributed by atoms with Crippen LogP contribution in [0.5, 0.6) is 0 Å². The molecule has 0 bridgehead atoms. The number of nitrogens with two attached hydrogens (primary N) is 1. The Bertz CT molecular complexity index is 336. The molecule has 0 heterocycles. The highest BCUT2D eigenvalue weighted by molar-refractivity contribution is 5.18. The van der Waals surface area contributed by atoms with Crippen molar-refractivity contribution in [3.63, 3.8) is 0 Å². The van der Waals surface area contributed by atoms with Gasteiger partial charge in [0.25, 0.3) is 0 Å². The third kappa shape index (κ3) is 5.33. The van der Waals surface area contributed by atoms with Crippen LogP contribution in [-0.2, 0) is 0 Å². The molecular weight excluding hydrogens is 232 g/mol. The molecule has 19 heavy (non-hydrogen) atoms. The normalized spacial score (nSPS) is 16.3. The van der Waals surface area contributed by atoms with Crippen molar-refractivity contribution in [2.24, 2.45) is 11.7 Å². The van der Waals surface area contributed by atoms with Gasteiger partial charge in [0, 0.05) is 19.1 Å². The Labute approximate surface area is 119 Å². The van der Waals surface area contributed by atoms with Crippen molar-refractivity contribution < 1.29 is 0 Å². The van der Waals surface area contributed by atoms with E-state index < -0.39 is 0 Å². The second-order valence-electron chi connectivity index (χ2n) is 5.89. The van der Waals surface area contributed by atoms with Crippen LogP contribution in [0.15, 0.2) is 30.3 Å². The molecule has 3 unspecified atom stereocenters. The molecule has 0 aromatic heterocycles. The van der Waals surface area contributed by atoms with Crippen LogP contribution in [0.3, 0.4) is 0 Å². The van der Waals surface area contributed by atoms with Gasteiger partial charge < -0.3 is 10.6 Å². The predicted molar refractivity (Wildman–Crippen MR) is 84.4 cm³/mol. The zero-order valence-corrected chi connectivity index (χ0v) is 13.0. The third-order valence-corrected chi connectivity index (χ3v) is 4.19. The first-order chi connectivity index (χ1) is 9.08. The Hall–Kier alpha value is -0.860. The van der Waals surface area contributed by atoms with Crippen molar-refractivity contribution in [1.29, 1.82) is 0 Å². The van der Waals surface area contributed by atoms with E-state index in [-0.39, 0.29) is 0 Å². The van der Waals surface area contributed by atoms with E-state index in [1.54, 1.807) is 0 Å². The molecular formula is C17H30N2. The topological polar surface area (TPSA) is 29.3 Å². The lowest BCUT2D eigenvalue weighted by atomic mass is 9.93. The third-order valence-electron chi connectivity index (χ3n) is 4.19. The molecule has 0 saturated carbocycles. The molecule has 0 aliphatic heterocycles. The Kier molecular flexibility index (Phi) is 7.11. The summed E-state index contributed by atoms with van der Waals surface area (Å²) in [6, 6.07) is 11.2. The molecule has 0 aliphatic carbocycles. The fourth-order valence-corrected chi connectivity index (χ4v) is 2.55. The fourth-order valence-electron chi connectivity index (χ4n) is 2.55. The second-order valence-corrected chi connectivity index (χ2v) is 5.89. The Morgan fingerprint density at radius 2 is 1.79 bits per heavy atom. The Balaban J connectivity index is 2.56. The lowest BCUT2D eigenvalue weighted by Crippen LogP contribution is -2.40. The van der Waals surface area contributed by atoms with Crippen molar-refractivity contribution in [2.75, 3.05) is 20.1 Å². The van der Waals surface area contributed by atoms with Crippen molar-refractivity contribution in [3.8, 4) is 0 Å². The molecule has 0 aliphatic rings. The highest BCUT2D eigenvalue weighted by Gasteiger charge is 2.18. The molecule has 1 aromatic carbocycles. The molecule has 0 spiro atoms. The number of nitrogens with zero attached hydrogens (tertiary/aromatic N) is 1. The van der Waals surface area contributed by atoms with Gasteiger partial charge in [0.2, 0.25) is 0 Å². The van der Waals surface area contributed by atoms with Gasteiger partial charge in [-0.05, 0) is 30.9 Å². The molecule has 2 heteroatoms. The van der Waals surface area contributed by atoms with E-state index in [2.05, 4.69) is 63.1 Å². The minimum atomic E-state index is 0.476. The highest BCUT2D eigenvalue weighted by atomic mass is 15.1. The molecule has 2 nitrogen and oxygen atoms in total. The van der Waals surface area contributed by atoms with E-state index in [1.165, 1.54) is 12.0 Å². The van der Waals surface area contributed by atoms with Crippen LogP contribution in [0.25, 0.3) is 0 Å². The highest BCUT2D eigenvalue weighted by Crippen LogP contribution is 2.22. The van der Waals surface area contributed by atoms with Gasteiger partial charge in [-0.15, -0.1) is 0 Å². The maximum Gasteiger partial charge on any atom is 0.0221 e. The van der Waals surface area contributed by atoms with Crippen molar-refractivity contribution in [1.82, 2.24) is 4.90 Å². The summed E-state index contributed by atoms with van der Waals surface area (Å²) in [6.07, 6.45) is 2.36. The van der Waals surface area contributed by atoms with Gasteiger partial charge in [0.15, 0.2) is 0 Å². The summed E-state index contributed by atoms with van der Waals surface area (Å²) < 4.78 is 0. The maximum absolute atomic E-state index is 5.98. The first-order valence-electron chi connectivity index (χ1n) is 7.53. The minimum Gasteiger partial charge on any atom is -0.329 e. The molecule has 0 radical (unpaired) electrons. The van der Waals surface area contributed by atoms with E-state index in [0.29, 0.717) is 12.0 Å². The summed E-state index contributed by atoms with van der Waals surface area (Å²) in [6.45, 7) is 8.74. The van der Waals surface area contributed by atoms with E-state index in [4.69, 9.17) is 5.73 Å². The van der Waals surface area contributed by atoms with Crippen LogP contribution in [0.1, 0.15) is 45.1 Å². The van der Waals surface area contributed by atoms with Gasteiger partial charge in [0.05, 0.1) is 0 Å². The summed E-state index contributed by atoms with van der Waals surface area (Å²) in [5, 5.41) is 0. The second kappa shape index (κ2) is 8.34. The van der Waals surface area contributed by atoms with E-state index in [9.17, 15) is 0 Å². The number of hydrogen-bond acceptors (Lipinski definition) is 2. The predicted octanol–water partition coefficient (Wildman–Crippen LogP) is 3.49. The van der Waals surface area contributed by atoms with Gasteiger partial charge in [-0.25, -0.2) is 0 Å². The molecule has 108 valence electrons. The molecule has 0 amide bonds. The largest absolute Gasteiger partial charge is 0.329 e. The van der Waals surface area contributed by atoms with E-state index in [1.807, 2.05) is 0 Å². The van der Waals surface area contributed by atoms with Gasteiger partial charge in [-0.3, -0.25) is 0 Å². The monoisotopic (exact) mass is 262 g/mol. The average molecular weight is 262 g/mol.